The van der Waals surface area contributed by atoms with Crippen LogP contribution in [0.1, 0.15) is 34.1 Å². The molecule has 0 saturated heterocycles. The van der Waals surface area contributed by atoms with Gasteiger partial charge in [-0.3, -0.25) is 0 Å². The van der Waals surface area contributed by atoms with E-state index in [0.717, 1.165) is 6.42 Å². The van der Waals surface area contributed by atoms with Crippen molar-refractivity contribution >= 4 is 11.6 Å². The summed E-state index contributed by atoms with van der Waals surface area (Å²) < 4.78 is 13.7. The summed E-state index contributed by atoms with van der Waals surface area (Å²) in [5.41, 5.74) is 0. The molecule has 0 aromatic heterocycles. The minimum atomic E-state index is -0.797. The van der Waals surface area contributed by atoms with Crippen LogP contribution in [-0.4, -0.2) is 11.5 Å². The van der Waals surface area contributed by atoms with Crippen molar-refractivity contribution in [1.82, 2.24) is 0 Å². The molecule has 0 radical (unpaired) electrons. The number of halogens is 2. The summed E-state index contributed by atoms with van der Waals surface area (Å²) >= 11 is 5.97. The zero-order valence-corrected chi connectivity index (χ0v) is 9.68. The Morgan fingerprint density at radius 2 is 1.69 bits per heavy atom. The van der Waals surface area contributed by atoms with E-state index in [0.29, 0.717) is 17.8 Å². The maximum Gasteiger partial charge on any atom is 0.120 e. The van der Waals surface area contributed by atoms with Gasteiger partial charge in [0.05, 0.1) is 5.38 Å². The van der Waals surface area contributed by atoms with E-state index in [1.165, 1.54) is 0 Å². The van der Waals surface area contributed by atoms with Gasteiger partial charge in [-0.1, -0.05) is 27.7 Å². The minimum Gasteiger partial charge on any atom is -0.246 e. The van der Waals surface area contributed by atoms with Crippen LogP contribution >= 0.6 is 11.6 Å². The molecule has 0 heterocycles. The van der Waals surface area contributed by atoms with E-state index in [9.17, 15) is 4.39 Å². The van der Waals surface area contributed by atoms with Crippen LogP contribution in [0.25, 0.3) is 0 Å². The summed E-state index contributed by atoms with van der Waals surface area (Å²) in [5, 5.41) is -0.250. The first-order chi connectivity index (χ1) is 5.95. The number of alkyl halides is 2. The molecule has 0 spiro atoms. The van der Waals surface area contributed by atoms with Gasteiger partial charge in [-0.05, 0) is 30.1 Å². The molecule has 1 saturated carbocycles. The van der Waals surface area contributed by atoms with Crippen molar-refractivity contribution in [3.63, 3.8) is 0 Å². The second kappa shape index (κ2) is 4.16. The summed E-state index contributed by atoms with van der Waals surface area (Å²) in [6.07, 6.45) is 0.0533. The molecule has 0 aromatic rings. The standard InChI is InChI=1S/C11H20ClF/c1-6(2)8-5-9(12)11(13)10(8)7(3)4/h6-11H,5H2,1-4H3. The van der Waals surface area contributed by atoms with Crippen molar-refractivity contribution in [2.75, 3.05) is 0 Å². The second-order valence-electron chi connectivity index (χ2n) is 4.93. The molecule has 0 N–H and O–H groups in total. The Hall–Kier alpha value is 0.220. The van der Waals surface area contributed by atoms with Crippen LogP contribution in [0.15, 0.2) is 0 Å². The zero-order valence-electron chi connectivity index (χ0n) is 8.93. The van der Waals surface area contributed by atoms with Crippen LogP contribution in [0.3, 0.4) is 0 Å². The minimum absolute atomic E-state index is 0.169. The SMILES string of the molecule is CC(C)C1CC(Cl)C(F)C1C(C)C. The predicted molar refractivity (Wildman–Crippen MR) is 55.8 cm³/mol. The molecular weight excluding hydrogens is 187 g/mol. The molecule has 1 aliphatic rings. The lowest BCUT2D eigenvalue weighted by Gasteiger charge is -2.27. The number of hydrogen-bond acceptors (Lipinski definition) is 0. The molecule has 1 aliphatic carbocycles. The third kappa shape index (κ3) is 2.18. The van der Waals surface area contributed by atoms with Crippen molar-refractivity contribution in [3.05, 3.63) is 0 Å². The summed E-state index contributed by atoms with van der Waals surface area (Å²) in [7, 11) is 0. The highest BCUT2D eigenvalue weighted by Gasteiger charge is 2.45. The van der Waals surface area contributed by atoms with E-state index in [2.05, 4.69) is 27.7 Å². The van der Waals surface area contributed by atoms with Crippen LogP contribution in [0.2, 0.25) is 0 Å². The van der Waals surface area contributed by atoms with Gasteiger partial charge >= 0.3 is 0 Å². The van der Waals surface area contributed by atoms with E-state index in [-0.39, 0.29) is 11.3 Å². The Labute approximate surface area is 85.9 Å². The van der Waals surface area contributed by atoms with Crippen molar-refractivity contribution in [3.8, 4) is 0 Å². The highest BCUT2D eigenvalue weighted by Crippen LogP contribution is 2.45. The smallest absolute Gasteiger partial charge is 0.120 e. The molecule has 1 fully saturated rings. The molecule has 2 heteroatoms. The van der Waals surface area contributed by atoms with E-state index < -0.39 is 6.17 Å². The highest BCUT2D eigenvalue weighted by molar-refractivity contribution is 6.21. The molecular formula is C11H20ClF. The second-order valence-corrected chi connectivity index (χ2v) is 5.49. The maximum absolute atomic E-state index is 13.7. The average molecular weight is 207 g/mol. The molecule has 78 valence electrons. The van der Waals surface area contributed by atoms with Gasteiger partial charge in [-0.25, -0.2) is 4.39 Å². The molecule has 13 heavy (non-hydrogen) atoms. The largest absolute Gasteiger partial charge is 0.246 e. The van der Waals surface area contributed by atoms with Crippen molar-refractivity contribution < 1.29 is 4.39 Å². The van der Waals surface area contributed by atoms with Gasteiger partial charge in [0, 0.05) is 0 Å². The molecule has 0 amide bonds. The quantitative estimate of drug-likeness (QED) is 0.602. The van der Waals surface area contributed by atoms with Crippen LogP contribution in [0.5, 0.6) is 0 Å². The molecule has 4 unspecified atom stereocenters. The molecule has 4 atom stereocenters. The van der Waals surface area contributed by atoms with Gasteiger partial charge in [-0.15, -0.1) is 11.6 Å². The Morgan fingerprint density at radius 3 is 2.00 bits per heavy atom. The van der Waals surface area contributed by atoms with Gasteiger partial charge in [0.2, 0.25) is 0 Å². The third-order valence-electron chi connectivity index (χ3n) is 3.33. The number of rotatable bonds is 2. The first kappa shape index (κ1) is 11.3. The van der Waals surface area contributed by atoms with Gasteiger partial charge in [0.25, 0.3) is 0 Å². The fourth-order valence-corrected chi connectivity index (χ4v) is 2.98. The summed E-state index contributed by atoms with van der Waals surface area (Å²) in [6, 6.07) is 0. The van der Waals surface area contributed by atoms with E-state index >= 15 is 0 Å². The first-order valence-electron chi connectivity index (χ1n) is 5.23. The Bertz CT molecular complexity index is 167. The molecule has 1 rings (SSSR count). The van der Waals surface area contributed by atoms with Crippen LogP contribution < -0.4 is 0 Å². The topological polar surface area (TPSA) is 0 Å². The van der Waals surface area contributed by atoms with E-state index in [4.69, 9.17) is 11.6 Å². The summed E-state index contributed by atoms with van der Waals surface area (Å²) in [5.74, 6) is 1.60. The van der Waals surface area contributed by atoms with Crippen molar-refractivity contribution in [2.24, 2.45) is 23.7 Å². The van der Waals surface area contributed by atoms with Gasteiger partial charge in [-0.2, -0.15) is 0 Å². The Morgan fingerprint density at radius 1 is 1.15 bits per heavy atom. The van der Waals surface area contributed by atoms with Gasteiger partial charge < -0.3 is 0 Å². The molecule has 0 aromatic carbocycles. The van der Waals surface area contributed by atoms with Crippen LogP contribution in [0.4, 0.5) is 4.39 Å². The highest BCUT2D eigenvalue weighted by atomic mass is 35.5. The molecule has 0 bridgehead atoms. The van der Waals surface area contributed by atoms with Gasteiger partial charge in [0.15, 0.2) is 0 Å². The van der Waals surface area contributed by atoms with Crippen molar-refractivity contribution in [2.45, 2.75) is 45.7 Å². The predicted octanol–water partition coefficient (Wildman–Crippen LogP) is 3.88. The molecule has 0 nitrogen and oxygen atoms in total. The first-order valence-corrected chi connectivity index (χ1v) is 5.67. The summed E-state index contributed by atoms with van der Waals surface area (Å²) in [4.78, 5) is 0. The molecule has 0 aliphatic heterocycles. The monoisotopic (exact) mass is 206 g/mol. The van der Waals surface area contributed by atoms with E-state index in [1.54, 1.807) is 0 Å². The average Bonchev–Trinajstić information content (AvgIpc) is 2.28. The van der Waals surface area contributed by atoms with Gasteiger partial charge in [0.1, 0.15) is 6.17 Å². The zero-order chi connectivity index (χ0) is 10.2. The fraction of sp³-hybridized carbons (Fsp3) is 1.00. The maximum atomic E-state index is 13.7. The van der Waals surface area contributed by atoms with Crippen molar-refractivity contribution in [1.29, 1.82) is 0 Å². The lowest BCUT2D eigenvalue weighted by molar-refractivity contribution is 0.152. The third-order valence-corrected chi connectivity index (χ3v) is 3.75. The normalized spacial score (nSPS) is 40.6. The fourth-order valence-electron chi connectivity index (χ4n) is 2.60. The van der Waals surface area contributed by atoms with Crippen LogP contribution in [-0.2, 0) is 0 Å². The van der Waals surface area contributed by atoms with Crippen LogP contribution in [0, 0.1) is 23.7 Å². The van der Waals surface area contributed by atoms with E-state index in [1.807, 2.05) is 0 Å². The number of hydrogen-bond donors (Lipinski definition) is 0. The lowest BCUT2D eigenvalue weighted by Crippen LogP contribution is -2.26. The lowest BCUT2D eigenvalue weighted by atomic mass is 9.79. The Balaban J connectivity index is 2.74. The Kier molecular flexibility index (Phi) is 3.62. The summed E-state index contributed by atoms with van der Waals surface area (Å²) in [6.45, 7) is 8.53.